The number of benzene rings is 1. The van der Waals surface area contributed by atoms with E-state index < -0.39 is 23.4 Å². The molecule has 3 rings (SSSR count). The van der Waals surface area contributed by atoms with Gasteiger partial charge in [-0.25, -0.2) is 4.79 Å². The molecule has 1 aromatic heterocycles. The summed E-state index contributed by atoms with van der Waals surface area (Å²) in [5.74, 6) is -0.967. The van der Waals surface area contributed by atoms with E-state index in [0.717, 1.165) is 28.3 Å². The van der Waals surface area contributed by atoms with Crippen LogP contribution in [0.1, 0.15) is 45.9 Å². The summed E-state index contributed by atoms with van der Waals surface area (Å²) in [6.45, 7) is 5.67. The van der Waals surface area contributed by atoms with Crippen LogP contribution in [-0.4, -0.2) is 22.9 Å². The largest absolute Gasteiger partial charge is 0.344 e. The van der Waals surface area contributed by atoms with Crippen molar-refractivity contribution in [2.75, 3.05) is 0 Å². The molecule has 1 aliphatic heterocycles. The van der Waals surface area contributed by atoms with Crippen molar-refractivity contribution in [1.29, 1.82) is 0 Å². The Morgan fingerprint density at radius 3 is 2.62 bits per heavy atom. The predicted octanol–water partition coefficient (Wildman–Crippen LogP) is 3.12. The number of amides is 4. The van der Waals surface area contributed by atoms with Crippen LogP contribution in [0.15, 0.2) is 36.4 Å². The number of carbonyl (C=O) groups is 3. The lowest BCUT2D eigenvalue weighted by molar-refractivity contribution is -0.132. The molecule has 1 unspecified atom stereocenters. The summed E-state index contributed by atoms with van der Waals surface area (Å²) in [5.41, 5.74) is 3.02. The average molecular weight is 371 g/mol. The van der Waals surface area contributed by atoms with Gasteiger partial charge >= 0.3 is 6.03 Å². The Hall–Kier alpha value is -2.67. The highest BCUT2D eigenvalue weighted by Gasteiger charge is 2.50. The molecule has 1 aromatic carbocycles. The van der Waals surface area contributed by atoms with Crippen LogP contribution in [0, 0.1) is 6.92 Å². The number of carbonyl (C=O) groups excluding carboxylic acids is 3. The van der Waals surface area contributed by atoms with E-state index in [-0.39, 0.29) is 0 Å². The third kappa shape index (κ3) is 3.10. The first-order chi connectivity index (χ1) is 12.4. The summed E-state index contributed by atoms with van der Waals surface area (Å²) >= 11 is 1.36. The fourth-order valence-corrected chi connectivity index (χ4v) is 3.98. The molecule has 1 saturated heterocycles. The van der Waals surface area contributed by atoms with Gasteiger partial charge in [0.1, 0.15) is 5.54 Å². The zero-order valence-electron chi connectivity index (χ0n) is 15.0. The fraction of sp³-hybridized carbons (Fsp3) is 0.316. The van der Waals surface area contributed by atoms with Gasteiger partial charge in [0.25, 0.3) is 11.8 Å². The van der Waals surface area contributed by atoms with Crippen molar-refractivity contribution in [1.82, 2.24) is 15.8 Å². The number of imide groups is 1. The zero-order chi connectivity index (χ0) is 18.9. The molecular formula is C19H21N3O3S. The second kappa shape index (κ2) is 6.92. The van der Waals surface area contributed by atoms with Crippen LogP contribution < -0.4 is 10.7 Å². The molecule has 0 spiro atoms. The summed E-state index contributed by atoms with van der Waals surface area (Å²) < 4.78 is 0. The number of hydrazine groups is 1. The Morgan fingerprint density at radius 2 is 1.96 bits per heavy atom. The van der Waals surface area contributed by atoms with E-state index in [1.54, 1.807) is 31.2 Å². The van der Waals surface area contributed by atoms with Crippen molar-refractivity contribution >= 4 is 29.2 Å². The Balaban J connectivity index is 1.80. The summed E-state index contributed by atoms with van der Waals surface area (Å²) in [7, 11) is 0. The molecule has 1 aliphatic rings. The quantitative estimate of drug-likeness (QED) is 0.793. The summed E-state index contributed by atoms with van der Waals surface area (Å²) in [6, 6.07) is 10.1. The second-order valence-electron chi connectivity index (χ2n) is 6.44. The van der Waals surface area contributed by atoms with Crippen molar-refractivity contribution in [2.45, 2.75) is 39.2 Å². The van der Waals surface area contributed by atoms with Gasteiger partial charge in [-0.1, -0.05) is 43.7 Å². The molecule has 0 bridgehead atoms. The van der Waals surface area contributed by atoms with Crippen LogP contribution in [0.3, 0.4) is 0 Å². The maximum absolute atomic E-state index is 12.8. The SMILES string of the molecule is CCCc1cc(C(=O)NN2C(=O)NC(C)(c3ccccc3)C2=O)sc1C. The first-order valence-electron chi connectivity index (χ1n) is 8.49. The highest BCUT2D eigenvalue weighted by atomic mass is 32.1. The van der Waals surface area contributed by atoms with Crippen molar-refractivity contribution in [3.05, 3.63) is 57.3 Å². The van der Waals surface area contributed by atoms with Crippen LogP contribution in [0.4, 0.5) is 4.79 Å². The predicted molar refractivity (Wildman–Crippen MR) is 99.7 cm³/mol. The molecule has 136 valence electrons. The van der Waals surface area contributed by atoms with Gasteiger partial charge in [0.05, 0.1) is 4.88 Å². The lowest BCUT2D eigenvalue weighted by Crippen LogP contribution is -2.47. The highest BCUT2D eigenvalue weighted by molar-refractivity contribution is 7.14. The lowest BCUT2D eigenvalue weighted by Gasteiger charge is -2.21. The van der Waals surface area contributed by atoms with Gasteiger partial charge in [0.2, 0.25) is 0 Å². The van der Waals surface area contributed by atoms with E-state index in [4.69, 9.17) is 0 Å². The molecule has 0 aliphatic carbocycles. The standard InChI is InChI=1S/C19H21N3O3S/c1-4-8-13-11-15(26-12(13)2)16(23)21-22-17(24)19(3,20-18(22)25)14-9-6-5-7-10-14/h5-7,9-11H,4,8H2,1-3H3,(H,20,25)(H,21,23). The van der Waals surface area contributed by atoms with Crippen molar-refractivity contribution in [3.8, 4) is 0 Å². The molecule has 1 fully saturated rings. The summed E-state index contributed by atoms with van der Waals surface area (Å²) in [6.07, 6.45) is 1.88. The lowest BCUT2D eigenvalue weighted by atomic mass is 9.92. The maximum atomic E-state index is 12.8. The molecule has 7 heteroatoms. The first kappa shape index (κ1) is 18.1. The number of thiophene rings is 1. The van der Waals surface area contributed by atoms with E-state index in [9.17, 15) is 14.4 Å². The first-order valence-corrected chi connectivity index (χ1v) is 9.31. The van der Waals surface area contributed by atoms with E-state index in [2.05, 4.69) is 17.7 Å². The Morgan fingerprint density at radius 1 is 1.27 bits per heavy atom. The molecule has 0 saturated carbocycles. The van der Waals surface area contributed by atoms with E-state index in [1.807, 2.05) is 19.1 Å². The van der Waals surface area contributed by atoms with Gasteiger partial charge in [0, 0.05) is 4.88 Å². The number of nitrogens with zero attached hydrogens (tertiary/aromatic N) is 1. The molecule has 6 nitrogen and oxygen atoms in total. The van der Waals surface area contributed by atoms with E-state index >= 15 is 0 Å². The Labute approximate surface area is 156 Å². The van der Waals surface area contributed by atoms with E-state index in [1.165, 1.54) is 11.3 Å². The molecule has 1 atom stereocenters. The number of hydrogen-bond acceptors (Lipinski definition) is 4. The van der Waals surface area contributed by atoms with Gasteiger partial charge < -0.3 is 5.32 Å². The van der Waals surface area contributed by atoms with Crippen molar-refractivity contribution < 1.29 is 14.4 Å². The monoisotopic (exact) mass is 371 g/mol. The average Bonchev–Trinajstić information content (AvgIpc) is 3.09. The van der Waals surface area contributed by atoms with Crippen LogP contribution >= 0.6 is 11.3 Å². The zero-order valence-corrected chi connectivity index (χ0v) is 15.8. The normalized spacial score (nSPS) is 19.6. The number of hydrogen-bond donors (Lipinski definition) is 2. The molecular weight excluding hydrogens is 350 g/mol. The Kier molecular flexibility index (Phi) is 4.82. The van der Waals surface area contributed by atoms with Gasteiger partial charge in [-0.15, -0.1) is 11.3 Å². The molecule has 2 aromatic rings. The minimum absolute atomic E-state index is 0.457. The van der Waals surface area contributed by atoms with Crippen molar-refractivity contribution in [2.24, 2.45) is 0 Å². The molecule has 0 radical (unpaired) electrons. The van der Waals surface area contributed by atoms with Gasteiger partial charge in [-0.3, -0.25) is 15.0 Å². The molecule has 2 N–H and O–H groups in total. The van der Waals surface area contributed by atoms with Crippen LogP contribution in [-0.2, 0) is 16.8 Å². The topological polar surface area (TPSA) is 78.5 Å². The third-order valence-corrected chi connectivity index (χ3v) is 5.61. The summed E-state index contributed by atoms with van der Waals surface area (Å²) in [4.78, 5) is 39.2. The third-order valence-electron chi connectivity index (χ3n) is 4.52. The number of rotatable bonds is 5. The fourth-order valence-electron chi connectivity index (χ4n) is 3.01. The van der Waals surface area contributed by atoms with Crippen LogP contribution in [0.5, 0.6) is 0 Å². The Bertz CT molecular complexity index is 862. The van der Waals surface area contributed by atoms with E-state index in [0.29, 0.717) is 10.4 Å². The summed E-state index contributed by atoms with van der Waals surface area (Å²) in [5, 5.41) is 3.43. The number of aryl methyl sites for hydroxylation is 2. The maximum Gasteiger partial charge on any atom is 0.344 e. The van der Waals surface area contributed by atoms with Crippen LogP contribution in [0.2, 0.25) is 0 Å². The van der Waals surface area contributed by atoms with Gasteiger partial charge in [-0.2, -0.15) is 5.01 Å². The van der Waals surface area contributed by atoms with Crippen LogP contribution in [0.25, 0.3) is 0 Å². The number of urea groups is 1. The minimum Gasteiger partial charge on any atom is -0.318 e. The number of nitrogens with one attached hydrogen (secondary N) is 2. The van der Waals surface area contributed by atoms with Gasteiger partial charge in [0.15, 0.2) is 0 Å². The molecule has 4 amide bonds. The second-order valence-corrected chi connectivity index (χ2v) is 7.70. The minimum atomic E-state index is -1.20. The van der Waals surface area contributed by atoms with Crippen molar-refractivity contribution in [3.63, 3.8) is 0 Å². The van der Waals surface area contributed by atoms with Gasteiger partial charge in [-0.05, 0) is 37.5 Å². The molecule has 26 heavy (non-hydrogen) atoms. The smallest absolute Gasteiger partial charge is 0.318 e. The highest BCUT2D eigenvalue weighted by Crippen LogP contribution is 2.28. The molecule has 2 heterocycles.